The van der Waals surface area contributed by atoms with Crippen LogP contribution in [0.2, 0.25) is 5.02 Å². The Kier molecular flexibility index (Phi) is 11.9. The number of halogens is 4. The quantitative estimate of drug-likeness (QED) is 0.105. The topological polar surface area (TPSA) is 138 Å². The molecule has 2 aromatic heterocycles. The molecule has 0 aliphatic heterocycles. The van der Waals surface area contributed by atoms with Crippen molar-refractivity contribution in [1.29, 1.82) is 0 Å². The van der Waals surface area contributed by atoms with Gasteiger partial charge >= 0.3 is 22.4 Å². The lowest BCUT2D eigenvalue weighted by molar-refractivity contribution is -0.137. The van der Waals surface area contributed by atoms with Crippen molar-refractivity contribution in [3.05, 3.63) is 148 Å². The van der Waals surface area contributed by atoms with E-state index in [2.05, 4.69) is 9.97 Å². The maximum atomic E-state index is 13.7. The Balaban J connectivity index is 1.21. The number of ether oxygens (including phenoxy) is 1. The number of sulfonamides is 1. The summed E-state index contributed by atoms with van der Waals surface area (Å²) in [5, 5.41) is -0.473. The fraction of sp³-hybridized carbons (Fsp3) is 0.205. The van der Waals surface area contributed by atoms with Crippen molar-refractivity contribution in [2.24, 2.45) is 0 Å². The van der Waals surface area contributed by atoms with Gasteiger partial charge in [0.05, 0.1) is 38.0 Å². The van der Waals surface area contributed by atoms with Gasteiger partial charge in [0.15, 0.2) is 0 Å². The number of alkyl halides is 3. The molecule has 0 N–H and O–H groups in total. The molecule has 0 saturated carbocycles. The smallest absolute Gasteiger partial charge is 0.447 e. The van der Waals surface area contributed by atoms with Gasteiger partial charge in [-0.1, -0.05) is 69.7 Å². The molecule has 0 spiro atoms. The lowest BCUT2D eigenvalue weighted by Crippen LogP contribution is -2.39. The molecular formula is C39H34ClF3N4O7S2. The summed E-state index contributed by atoms with van der Waals surface area (Å²) in [6, 6.07) is 25.3. The van der Waals surface area contributed by atoms with Crippen LogP contribution in [0, 0.1) is 13.8 Å². The lowest BCUT2D eigenvalue weighted by atomic mass is 10.1. The number of hydrogen-bond acceptors (Lipinski definition) is 9. The summed E-state index contributed by atoms with van der Waals surface area (Å²) >= 11 is 6.12. The van der Waals surface area contributed by atoms with Gasteiger partial charge in [0.25, 0.3) is 10.0 Å². The average Bonchev–Trinajstić information content (AvgIpc) is 3.51. The number of aryl methyl sites for hydroxylation is 4. The summed E-state index contributed by atoms with van der Waals surface area (Å²) in [4.78, 5) is 21.4. The van der Waals surface area contributed by atoms with Crippen molar-refractivity contribution in [3.8, 4) is 5.69 Å². The number of amides is 1. The molecule has 0 saturated heterocycles. The summed E-state index contributed by atoms with van der Waals surface area (Å²) in [6.07, 6.45) is -2.89. The minimum Gasteiger partial charge on any atom is -0.447 e. The number of carbonyl (C=O) groups is 1. The minimum absolute atomic E-state index is 0.0670. The Morgan fingerprint density at radius 3 is 2.07 bits per heavy atom. The Labute approximate surface area is 326 Å². The highest BCUT2D eigenvalue weighted by atomic mass is 35.5. The van der Waals surface area contributed by atoms with Crippen molar-refractivity contribution in [1.82, 2.24) is 19.0 Å². The molecule has 0 unspecified atom stereocenters. The molecular weight excluding hydrogens is 793 g/mol. The predicted octanol–water partition coefficient (Wildman–Crippen LogP) is 8.58. The van der Waals surface area contributed by atoms with E-state index < -0.39 is 47.9 Å². The van der Waals surface area contributed by atoms with Gasteiger partial charge < -0.3 is 4.74 Å². The first-order valence-electron chi connectivity index (χ1n) is 17.1. The molecule has 0 bridgehead atoms. The Hall–Kier alpha value is -5.29. The van der Waals surface area contributed by atoms with Crippen molar-refractivity contribution >= 4 is 48.9 Å². The number of carbonyl (C=O) groups excluding carboxylic acids is 1. The number of pyridine rings is 1. The molecule has 56 heavy (non-hydrogen) atoms. The van der Waals surface area contributed by atoms with Crippen LogP contribution >= 0.6 is 11.6 Å². The van der Waals surface area contributed by atoms with Crippen LogP contribution in [0.15, 0.2) is 119 Å². The average molecular weight is 827 g/mol. The standard InChI is InChI=1S/C39H34ClF3N4O7S2/c1-26-9-17-31(18-10-26)55(49,50)47(54-56(51,52)32-19-11-27(2)12-20-32)38(48)53-23-21-28-13-15-30(16-14-28)46-36-25-34(40)33(39(41,42)43)24-35(36)45-37(46)8-5-7-29-6-3-4-22-44-29/h3-4,6,9-20,22,24-25H,5,7-8,21,23H2,1-2H3. The molecule has 0 fully saturated rings. The molecule has 292 valence electrons. The second-order valence-corrected chi connectivity index (χ2v) is 16.5. The summed E-state index contributed by atoms with van der Waals surface area (Å²) < 4.78 is 106. The molecule has 6 rings (SSSR count). The molecule has 2 heterocycles. The highest BCUT2D eigenvalue weighted by Crippen LogP contribution is 2.38. The van der Waals surface area contributed by atoms with E-state index in [4.69, 9.17) is 20.6 Å². The summed E-state index contributed by atoms with van der Waals surface area (Å²) in [5.74, 6) is 0.503. The molecule has 4 aromatic carbocycles. The van der Waals surface area contributed by atoms with Gasteiger partial charge in [0.1, 0.15) is 5.82 Å². The van der Waals surface area contributed by atoms with E-state index in [0.717, 1.165) is 22.9 Å². The zero-order chi connectivity index (χ0) is 40.3. The van der Waals surface area contributed by atoms with Gasteiger partial charge in [-0.3, -0.25) is 9.55 Å². The first-order valence-corrected chi connectivity index (χ1v) is 20.3. The second-order valence-electron chi connectivity index (χ2n) is 12.8. The Morgan fingerprint density at radius 2 is 1.46 bits per heavy atom. The predicted molar refractivity (Wildman–Crippen MR) is 202 cm³/mol. The second kappa shape index (κ2) is 16.4. The molecule has 1 amide bonds. The largest absolute Gasteiger partial charge is 0.450 e. The van der Waals surface area contributed by atoms with Crippen molar-refractivity contribution in [3.63, 3.8) is 0 Å². The van der Waals surface area contributed by atoms with Crippen LogP contribution < -0.4 is 0 Å². The van der Waals surface area contributed by atoms with Crippen LogP contribution in [-0.4, -0.2) is 48.5 Å². The van der Waals surface area contributed by atoms with E-state index in [1.807, 2.05) is 12.1 Å². The van der Waals surface area contributed by atoms with Gasteiger partial charge in [0.2, 0.25) is 0 Å². The molecule has 17 heteroatoms. The van der Waals surface area contributed by atoms with Crippen LogP contribution in [0.1, 0.15) is 40.2 Å². The Bertz CT molecular complexity index is 2570. The summed E-state index contributed by atoms with van der Waals surface area (Å²) in [7, 11) is -9.68. The molecule has 0 aliphatic carbocycles. The van der Waals surface area contributed by atoms with Crippen LogP contribution in [-0.2, 0) is 54.6 Å². The van der Waals surface area contributed by atoms with Crippen molar-refractivity contribution in [2.75, 3.05) is 6.61 Å². The van der Waals surface area contributed by atoms with Gasteiger partial charge in [0, 0.05) is 30.4 Å². The molecule has 0 aliphatic rings. The number of rotatable bonds is 13. The van der Waals surface area contributed by atoms with E-state index in [-0.39, 0.29) is 27.9 Å². The van der Waals surface area contributed by atoms with Crippen LogP contribution in [0.25, 0.3) is 16.7 Å². The van der Waals surface area contributed by atoms with Gasteiger partial charge in [-0.25, -0.2) is 9.78 Å². The van der Waals surface area contributed by atoms with E-state index in [9.17, 15) is 34.8 Å². The van der Waals surface area contributed by atoms with E-state index >= 15 is 0 Å². The maximum Gasteiger partial charge on any atom is 0.450 e. The highest BCUT2D eigenvalue weighted by Gasteiger charge is 2.38. The molecule has 0 atom stereocenters. The van der Waals surface area contributed by atoms with Crippen LogP contribution in [0.3, 0.4) is 0 Å². The Morgan fingerprint density at radius 1 is 0.821 bits per heavy atom. The lowest BCUT2D eigenvalue weighted by Gasteiger charge is -2.20. The fourth-order valence-electron chi connectivity index (χ4n) is 5.73. The van der Waals surface area contributed by atoms with Crippen molar-refractivity contribution in [2.45, 2.75) is 55.5 Å². The zero-order valence-electron chi connectivity index (χ0n) is 29.9. The minimum atomic E-state index is -4.88. The molecule has 0 radical (unpaired) electrons. The SMILES string of the molecule is Cc1ccc(S(=O)(=O)ON(C(=O)OCCc2ccc(-n3c(CCCc4ccccn4)nc4cc(C(F)(F)F)c(Cl)cc43)cc2)S(=O)(=O)c2ccc(C)cc2)cc1. The molecule has 6 aromatic rings. The van der Waals surface area contributed by atoms with Crippen LogP contribution in [0.4, 0.5) is 18.0 Å². The zero-order valence-corrected chi connectivity index (χ0v) is 32.3. The monoisotopic (exact) mass is 826 g/mol. The van der Waals surface area contributed by atoms with Crippen molar-refractivity contribution < 1.29 is 43.8 Å². The number of imidazole rings is 1. The normalized spacial score (nSPS) is 12.2. The number of aromatic nitrogens is 3. The number of fused-ring (bicyclic) bond motifs is 1. The first-order chi connectivity index (χ1) is 26.5. The number of nitrogens with zero attached hydrogens (tertiary/aromatic N) is 4. The number of benzene rings is 4. The van der Waals surface area contributed by atoms with Gasteiger partial charge in [-0.2, -0.15) is 30.0 Å². The van der Waals surface area contributed by atoms with E-state index in [0.29, 0.717) is 41.9 Å². The third kappa shape index (κ3) is 9.21. The fourth-order valence-corrected chi connectivity index (χ4v) is 8.27. The maximum absolute atomic E-state index is 13.7. The number of hydroxylamine groups is 1. The third-order valence-electron chi connectivity index (χ3n) is 8.65. The van der Waals surface area contributed by atoms with Gasteiger partial charge in [-0.05, 0) is 92.9 Å². The van der Waals surface area contributed by atoms with Gasteiger partial charge in [-0.15, -0.1) is 4.28 Å². The first kappa shape index (κ1) is 40.4. The summed E-state index contributed by atoms with van der Waals surface area (Å²) in [5.41, 5.74) is 3.00. The molecule has 11 nitrogen and oxygen atoms in total. The third-order valence-corrected chi connectivity index (χ3v) is 11.8. The number of hydrogen-bond donors (Lipinski definition) is 0. The van der Waals surface area contributed by atoms with E-state index in [1.165, 1.54) is 54.6 Å². The van der Waals surface area contributed by atoms with Crippen LogP contribution in [0.5, 0.6) is 0 Å². The van der Waals surface area contributed by atoms with E-state index in [1.54, 1.807) is 54.9 Å². The highest BCUT2D eigenvalue weighted by molar-refractivity contribution is 7.91. The summed E-state index contributed by atoms with van der Waals surface area (Å²) in [6.45, 7) is 3.07.